The van der Waals surface area contributed by atoms with E-state index in [1.165, 1.54) is 24.2 Å². The molecule has 0 amide bonds. The van der Waals surface area contributed by atoms with Crippen molar-refractivity contribution in [3.05, 3.63) is 11.1 Å². The molecule has 3 rings (SSSR count). The molecule has 1 saturated heterocycles. The second kappa shape index (κ2) is 5.46. The molecule has 1 N–H and O–H groups in total. The molecule has 2 atom stereocenters. The maximum absolute atomic E-state index is 11.5. The molecule has 5 nitrogen and oxygen atoms in total. The number of esters is 1. The van der Waals surface area contributed by atoms with Gasteiger partial charge in [-0.2, -0.15) is 0 Å². The summed E-state index contributed by atoms with van der Waals surface area (Å²) in [7, 11) is 0. The van der Waals surface area contributed by atoms with Crippen LogP contribution in [0.25, 0.3) is 0 Å². The summed E-state index contributed by atoms with van der Waals surface area (Å²) in [6.07, 6.45) is 3.87. The average molecular weight is 282 g/mol. The van der Waals surface area contributed by atoms with Gasteiger partial charge in [-0.25, -0.2) is 9.78 Å². The van der Waals surface area contributed by atoms with Crippen LogP contribution < -0.4 is 5.32 Å². The van der Waals surface area contributed by atoms with E-state index < -0.39 is 0 Å². The van der Waals surface area contributed by atoms with Crippen molar-refractivity contribution in [1.29, 1.82) is 0 Å². The van der Waals surface area contributed by atoms with Crippen molar-refractivity contribution in [3.8, 4) is 0 Å². The zero-order chi connectivity index (χ0) is 13.2. The zero-order valence-corrected chi connectivity index (χ0v) is 11.7. The highest BCUT2D eigenvalue weighted by Crippen LogP contribution is 2.39. The number of thiazole rings is 1. The van der Waals surface area contributed by atoms with Crippen molar-refractivity contribution in [2.45, 2.75) is 38.3 Å². The smallest absolute Gasteiger partial charge is 0.357 e. The number of nitrogens with zero attached hydrogens (tertiary/aromatic N) is 1. The van der Waals surface area contributed by atoms with Crippen LogP contribution in [0.2, 0.25) is 0 Å². The van der Waals surface area contributed by atoms with Crippen LogP contribution >= 0.6 is 11.3 Å². The monoisotopic (exact) mass is 282 g/mol. The first-order chi connectivity index (χ1) is 9.28. The van der Waals surface area contributed by atoms with Crippen LogP contribution in [0.1, 0.15) is 36.7 Å². The van der Waals surface area contributed by atoms with Crippen molar-refractivity contribution < 1.29 is 14.3 Å². The first-order valence-corrected chi connectivity index (χ1v) is 7.66. The molecule has 104 valence electrons. The summed E-state index contributed by atoms with van der Waals surface area (Å²) >= 11 is 1.45. The fraction of sp³-hybridized carbons (Fsp3) is 0.692. The number of anilines is 1. The third-order valence-corrected chi connectivity index (χ3v) is 4.29. The van der Waals surface area contributed by atoms with Crippen molar-refractivity contribution in [2.24, 2.45) is 5.92 Å². The Hall–Kier alpha value is -1.14. The Bertz CT molecular complexity index is 458. The molecule has 19 heavy (non-hydrogen) atoms. The van der Waals surface area contributed by atoms with E-state index >= 15 is 0 Å². The predicted molar refractivity (Wildman–Crippen MR) is 72.6 cm³/mol. The van der Waals surface area contributed by atoms with E-state index in [9.17, 15) is 4.79 Å². The van der Waals surface area contributed by atoms with Gasteiger partial charge < -0.3 is 14.8 Å². The highest BCUT2D eigenvalue weighted by atomic mass is 32.1. The second-order valence-electron chi connectivity index (χ2n) is 4.97. The predicted octanol–water partition coefficient (Wildman–Crippen LogP) is 2.30. The number of nitrogens with one attached hydrogen (secondary N) is 1. The van der Waals surface area contributed by atoms with Gasteiger partial charge in [-0.05, 0) is 32.1 Å². The summed E-state index contributed by atoms with van der Waals surface area (Å²) in [6.45, 7) is 2.98. The van der Waals surface area contributed by atoms with E-state index in [2.05, 4.69) is 10.3 Å². The third kappa shape index (κ3) is 2.90. The van der Waals surface area contributed by atoms with Gasteiger partial charge in [-0.15, -0.1) is 11.3 Å². The van der Waals surface area contributed by atoms with Gasteiger partial charge in [-0.1, -0.05) is 0 Å². The SMILES string of the molecule is CCOC(=O)c1csc(NC2CCOC2C2CC2)n1. The van der Waals surface area contributed by atoms with Gasteiger partial charge in [0, 0.05) is 12.0 Å². The molecule has 1 aliphatic carbocycles. The van der Waals surface area contributed by atoms with Crippen LogP contribution in [0.15, 0.2) is 5.38 Å². The van der Waals surface area contributed by atoms with Crippen molar-refractivity contribution in [3.63, 3.8) is 0 Å². The molecule has 1 aromatic heterocycles. The molecule has 1 aromatic rings. The quantitative estimate of drug-likeness (QED) is 0.840. The molecular formula is C13H18N2O3S. The molecular weight excluding hydrogens is 264 g/mol. The van der Waals surface area contributed by atoms with E-state index in [1.807, 2.05) is 0 Å². The van der Waals surface area contributed by atoms with Crippen LogP contribution in [-0.2, 0) is 9.47 Å². The fourth-order valence-corrected chi connectivity index (χ4v) is 3.20. The minimum Gasteiger partial charge on any atom is -0.461 e. The molecule has 1 aliphatic heterocycles. The van der Waals surface area contributed by atoms with Crippen molar-refractivity contribution in [1.82, 2.24) is 4.98 Å². The Morgan fingerprint density at radius 2 is 2.42 bits per heavy atom. The number of carbonyl (C=O) groups is 1. The van der Waals surface area contributed by atoms with Crippen LogP contribution in [-0.4, -0.2) is 36.3 Å². The van der Waals surface area contributed by atoms with E-state index in [0.717, 1.165) is 18.2 Å². The van der Waals surface area contributed by atoms with Crippen molar-refractivity contribution in [2.75, 3.05) is 18.5 Å². The number of carbonyl (C=O) groups excluding carboxylic acids is 1. The highest BCUT2D eigenvalue weighted by Gasteiger charge is 2.40. The fourth-order valence-electron chi connectivity index (χ4n) is 2.45. The summed E-state index contributed by atoms with van der Waals surface area (Å²) in [4.78, 5) is 15.8. The maximum Gasteiger partial charge on any atom is 0.357 e. The van der Waals surface area contributed by atoms with Crippen LogP contribution in [0.3, 0.4) is 0 Å². The molecule has 2 aliphatic rings. The van der Waals surface area contributed by atoms with E-state index in [-0.39, 0.29) is 5.97 Å². The summed E-state index contributed by atoms with van der Waals surface area (Å²) in [6, 6.07) is 0.327. The van der Waals surface area contributed by atoms with Gasteiger partial charge in [0.2, 0.25) is 0 Å². The molecule has 1 saturated carbocycles. The first-order valence-electron chi connectivity index (χ1n) is 6.78. The maximum atomic E-state index is 11.5. The first kappa shape index (κ1) is 12.9. The second-order valence-corrected chi connectivity index (χ2v) is 5.83. The lowest BCUT2D eigenvalue weighted by Crippen LogP contribution is -2.30. The summed E-state index contributed by atoms with van der Waals surface area (Å²) in [5.74, 6) is 0.359. The minimum absolute atomic E-state index is 0.315. The van der Waals surface area contributed by atoms with E-state index in [1.54, 1.807) is 12.3 Å². The van der Waals surface area contributed by atoms with Gasteiger partial charge in [0.05, 0.1) is 18.8 Å². The Kier molecular flexibility index (Phi) is 3.70. The molecule has 6 heteroatoms. The molecule has 2 fully saturated rings. The number of hydrogen-bond donors (Lipinski definition) is 1. The molecule has 2 heterocycles. The largest absolute Gasteiger partial charge is 0.461 e. The van der Waals surface area contributed by atoms with Gasteiger partial charge in [-0.3, -0.25) is 0 Å². The van der Waals surface area contributed by atoms with E-state index in [0.29, 0.717) is 30.4 Å². The Labute approximate surface area is 116 Å². The van der Waals surface area contributed by atoms with Gasteiger partial charge in [0.1, 0.15) is 0 Å². The third-order valence-electron chi connectivity index (χ3n) is 3.52. The normalized spacial score (nSPS) is 26.4. The standard InChI is InChI=1S/C13H18N2O3S/c1-2-17-12(16)10-7-19-13(15-10)14-9-5-6-18-11(9)8-3-4-8/h7-9,11H,2-6H2,1H3,(H,14,15). The minimum atomic E-state index is -0.354. The topological polar surface area (TPSA) is 60.5 Å². The Balaban J connectivity index is 1.61. The Morgan fingerprint density at radius 1 is 1.58 bits per heavy atom. The number of ether oxygens (including phenoxy) is 2. The van der Waals surface area contributed by atoms with Crippen LogP contribution in [0, 0.1) is 5.92 Å². The van der Waals surface area contributed by atoms with Gasteiger partial charge in [0.25, 0.3) is 0 Å². The lowest BCUT2D eigenvalue weighted by atomic mass is 10.1. The lowest BCUT2D eigenvalue weighted by molar-refractivity contribution is 0.0520. The molecule has 2 unspecified atom stereocenters. The highest BCUT2D eigenvalue weighted by molar-refractivity contribution is 7.13. The van der Waals surface area contributed by atoms with Crippen LogP contribution in [0.5, 0.6) is 0 Å². The molecule has 0 radical (unpaired) electrons. The molecule has 0 aromatic carbocycles. The number of rotatable bonds is 5. The zero-order valence-electron chi connectivity index (χ0n) is 10.9. The number of aromatic nitrogens is 1. The van der Waals surface area contributed by atoms with Crippen molar-refractivity contribution >= 4 is 22.4 Å². The average Bonchev–Trinajstić information content (AvgIpc) is 2.96. The Morgan fingerprint density at radius 3 is 3.16 bits per heavy atom. The van der Waals surface area contributed by atoms with Gasteiger partial charge in [0.15, 0.2) is 10.8 Å². The van der Waals surface area contributed by atoms with Gasteiger partial charge >= 0.3 is 5.97 Å². The lowest BCUT2D eigenvalue weighted by Gasteiger charge is -2.18. The van der Waals surface area contributed by atoms with Crippen LogP contribution in [0.4, 0.5) is 5.13 Å². The summed E-state index contributed by atoms with van der Waals surface area (Å²) in [5.41, 5.74) is 0.385. The summed E-state index contributed by atoms with van der Waals surface area (Å²) < 4.78 is 10.7. The summed E-state index contributed by atoms with van der Waals surface area (Å²) in [5, 5.41) is 5.92. The number of hydrogen-bond acceptors (Lipinski definition) is 6. The van der Waals surface area contributed by atoms with E-state index in [4.69, 9.17) is 9.47 Å². The molecule has 0 bridgehead atoms. The molecule has 0 spiro atoms.